The van der Waals surface area contributed by atoms with Crippen molar-refractivity contribution < 1.29 is 0 Å². The second-order valence-corrected chi connectivity index (χ2v) is 3.85. The Kier molecular flexibility index (Phi) is 7.29. The van der Waals surface area contributed by atoms with Gasteiger partial charge in [0, 0.05) is 12.6 Å². The molecule has 0 aliphatic heterocycles. The highest BCUT2D eigenvalue weighted by molar-refractivity contribution is 4.69. The molecule has 2 heteroatoms. The van der Waals surface area contributed by atoms with Crippen LogP contribution >= 0.6 is 0 Å². The zero-order valence-electron chi connectivity index (χ0n) is 9.71. The van der Waals surface area contributed by atoms with Gasteiger partial charge in [0.25, 0.3) is 0 Å². The Morgan fingerprint density at radius 2 is 1.77 bits per heavy atom. The van der Waals surface area contributed by atoms with Crippen molar-refractivity contribution in [2.45, 2.75) is 46.6 Å². The molecule has 0 bridgehead atoms. The van der Waals surface area contributed by atoms with Crippen LogP contribution in [0.4, 0.5) is 0 Å². The molecule has 2 atom stereocenters. The highest BCUT2D eigenvalue weighted by Crippen LogP contribution is 2.09. The normalized spacial score (nSPS) is 16.2. The van der Waals surface area contributed by atoms with Crippen LogP contribution in [0.5, 0.6) is 0 Å². The second kappa shape index (κ2) is 7.34. The monoisotopic (exact) mass is 186 g/mol. The molecule has 0 saturated carbocycles. The van der Waals surface area contributed by atoms with Crippen LogP contribution < -0.4 is 5.73 Å². The minimum Gasteiger partial charge on any atom is -0.330 e. The fourth-order valence-corrected chi connectivity index (χ4v) is 1.58. The first kappa shape index (κ1) is 12.9. The third-order valence-electron chi connectivity index (χ3n) is 3.02. The third kappa shape index (κ3) is 4.63. The Morgan fingerprint density at radius 3 is 2.08 bits per heavy atom. The molecule has 0 aliphatic carbocycles. The maximum Gasteiger partial charge on any atom is 0.00643 e. The number of nitrogens with zero attached hydrogens (tertiary/aromatic N) is 1. The standard InChI is InChI=1S/C11H26N2/c1-5-10(4)13(7-3)9-11(6-2)8-12/h10-11H,5-9,12H2,1-4H3. The molecule has 0 aromatic rings. The van der Waals surface area contributed by atoms with E-state index in [4.69, 9.17) is 5.73 Å². The van der Waals surface area contributed by atoms with Gasteiger partial charge in [-0.1, -0.05) is 27.2 Å². The van der Waals surface area contributed by atoms with E-state index in [1.807, 2.05) is 0 Å². The van der Waals surface area contributed by atoms with Gasteiger partial charge in [0.1, 0.15) is 0 Å². The van der Waals surface area contributed by atoms with E-state index in [9.17, 15) is 0 Å². The molecule has 0 saturated heterocycles. The SMILES string of the molecule is CCC(CN)CN(CC)C(C)CC. The first-order chi connectivity index (χ1) is 6.19. The zero-order chi connectivity index (χ0) is 10.3. The average molecular weight is 186 g/mol. The highest BCUT2D eigenvalue weighted by atomic mass is 15.1. The van der Waals surface area contributed by atoms with E-state index < -0.39 is 0 Å². The van der Waals surface area contributed by atoms with Gasteiger partial charge < -0.3 is 10.6 Å². The molecular weight excluding hydrogens is 160 g/mol. The summed E-state index contributed by atoms with van der Waals surface area (Å²) in [6.07, 6.45) is 2.43. The van der Waals surface area contributed by atoms with Crippen LogP contribution in [0.3, 0.4) is 0 Å². The molecule has 0 aromatic carbocycles. The summed E-state index contributed by atoms with van der Waals surface area (Å²) in [5.41, 5.74) is 5.70. The van der Waals surface area contributed by atoms with Crippen LogP contribution in [0.2, 0.25) is 0 Å². The second-order valence-electron chi connectivity index (χ2n) is 3.85. The minimum atomic E-state index is 0.675. The van der Waals surface area contributed by atoms with Crippen LogP contribution in [-0.2, 0) is 0 Å². The van der Waals surface area contributed by atoms with Gasteiger partial charge in [0.15, 0.2) is 0 Å². The lowest BCUT2D eigenvalue weighted by Gasteiger charge is -2.30. The first-order valence-electron chi connectivity index (χ1n) is 5.63. The summed E-state index contributed by atoms with van der Waals surface area (Å²) in [6.45, 7) is 12.1. The van der Waals surface area contributed by atoms with Crippen LogP contribution in [-0.4, -0.2) is 30.6 Å². The molecule has 2 nitrogen and oxygen atoms in total. The smallest absolute Gasteiger partial charge is 0.00643 e. The third-order valence-corrected chi connectivity index (χ3v) is 3.02. The largest absolute Gasteiger partial charge is 0.330 e. The van der Waals surface area contributed by atoms with E-state index in [0.717, 1.165) is 13.1 Å². The number of hydrogen-bond acceptors (Lipinski definition) is 2. The van der Waals surface area contributed by atoms with Gasteiger partial charge in [-0.2, -0.15) is 0 Å². The number of hydrogen-bond donors (Lipinski definition) is 1. The molecule has 0 spiro atoms. The van der Waals surface area contributed by atoms with Gasteiger partial charge in [-0.15, -0.1) is 0 Å². The molecule has 80 valence electrons. The van der Waals surface area contributed by atoms with E-state index in [2.05, 4.69) is 32.6 Å². The van der Waals surface area contributed by atoms with E-state index >= 15 is 0 Å². The Balaban J connectivity index is 3.94. The molecule has 0 aliphatic rings. The van der Waals surface area contributed by atoms with Crippen molar-refractivity contribution in [3.63, 3.8) is 0 Å². The van der Waals surface area contributed by atoms with Crippen molar-refractivity contribution in [3.05, 3.63) is 0 Å². The predicted octanol–water partition coefficient (Wildman–Crippen LogP) is 2.09. The lowest BCUT2D eigenvalue weighted by atomic mass is 10.0. The summed E-state index contributed by atoms with van der Waals surface area (Å²) in [6, 6.07) is 0.700. The molecule has 13 heavy (non-hydrogen) atoms. The molecule has 0 heterocycles. The summed E-state index contributed by atoms with van der Waals surface area (Å²) >= 11 is 0. The molecule has 2 N–H and O–H groups in total. The van der Waals surface area contributed by atoms with Crippen LogP contribution in [0.15, 0.2) is 0 Å². The van der Waals surface area contributed by atoms with E-state index in [0.29, 0.717) is 12.0 Å². The lowest BCUT2D eigenvalue weighted by molar-refractivity contribution is 0.181. The van der Waals surface area contributed by atoms with Crippen LogP contribution in [0.1, 0.15) is 40.5 Å². The Labute approximate surface area is 83.5 Å². The summed E-state index contributed by atoms with van der Waals surface area (Å²) in [7, 11) is 0. The molecular formula is C11H26N2. The Hall–Kier alpha value is -0.0800. The Bertz CT molecular complexity index is 111. The first-order valence-corrected chi connectivity index (χ1v) is 5.63. The van der Waals surface area contributed by atoms with Gasteiger partial charge in [0.2, 0.25) is 0 Å². The molecule has 0 amide bonds. The summed E-state index contributed by atoms with van der Waals surface area (Å²) < 4.78 is 0. The maximum atomic E-state index is 5.70. The average Bonchev–Trinajstić information content (AvgIpc) is 2.19. The minimum absolute atomic E-state index is 0.675. The van der Waals surface area contributed by atoms with Crippen molar-refractivity contribution in [2.75, 3.05) is 19.6 Å². The fourth-order valence-electron chi connectivity index (χ4n) is 1.58. The zero-order valence-corrected chi connectivity index (χ0v) is 9.71. The van der Waals surface area contributed by atoms with Crippen LogP contribution in [0, 0.1) is 5.92 Å². The summed E-state index contributed by atoms with van der Waals surface area (Å²) in [4.78, 5) is 2.53. The molecule has 0 rings (SSSR count). The molecule has 0 fully saturated rings. The van der Waals surface area contributed by atoms with Crippen molar-refractivity contribution in [2.24, 2.45) is 11.7 Å². The predicted molar refractivity (Wildman–Crippen MR) is 59.8 cm³/mol. The number of nitrogens with two attached hydrogens (primary N) is 1. The quantitative estimate of drug-likeness (QED) is 0.659. The van der Waals surface area contributed by atoms with Crippen molar-refractivity contribution in [1.29, 1.82) is 0 Å². The lowest BCUT2D eigenvalue weighted by Crippen LogP contribution is -2.38. The Morgan fingerprint density at radius 1 is 1.15 bits per heavy atom. The summed E-state index contributed by atoms with van der Waals surface area (Å²) in [5.74, 6) is 0.675. The van der Waals surface area contributed by atoms with E-state index in [-0.39, 0.29) is 0 Å². The highest BCUT2D eigenvalue weighted by Gasteiger charge is 2.13. The van der Waals surface area contributed by atoms with Gasteiger partial charge in [0.05, 0.1) is 0 Å². The molecule has 2 unspecified atom stereocenters. The van der Waals surface area contributed by atoms with Gasteiger partial charge in [-0.3, -0.25) is 0 Å². The van der Waals surface area contributed by atoms with E-state index in [1.54, 1.807) is 0 Å². The fraction of sp³-hybridized carbons (Fsp3) is 1.00. The van der Waals surface area contributed by atoms with Crippen molar-refractivity contribution in [1.82, 2.24) is 4.90 Å². The maximum absolute atomic E-state index is 5.70. The molecule has 0 aromatic heterocycles. The van der Waals surface area contributed by atoms with Gasteiger partial charge in [-0.05, 0) is 32.4 Å². The van der Waals surface area contributed by atoms with Gasteiger partial charge in [-0.25, -0.2) is 0 Å². The number of rotatable bonds is 7. The summed E-state index contributed by atoms with van der Waals surface area (Å²) in [5, 5.41) is 0. The molecule has 0 radical (unpaired) electrons. The van der Waals surface area contributed by atoms with Crippen molar-refractivity contribution in [3.8, 4) is 0 Å². The van der Waals surface area contributed by atoms with E-state index in [1.165, 1.54) is 19.4 Å². The van der Waals surface area contributed by atoms with Crippen molar-refractivity contribution >= 4 is 0 Å². The van der Waals surface area contributed by atoms with Crippen LogP contribution in [0.25, 0.3) is 0 Å². The van der Waals surface area contributed by atoms with Gasteiger partial charge >= 0.3 is 0 Å². The topological polar surface area (TPSA) is 29.3 Å².